The molecule has 4 aromatic carbocycles. The molecule has 1 heterocycles. The number of hydrogen-bond donors (Lipinski definition) is 1. The van der Waals surface area contributed by atoms with Gasteiger partial charge in [-0.2, -0.15) is 0 Å². The average molecular weight is 646 g/mol. The predicted octanol–water partition coefficient (Wildman–Crippen LogP) is 4.88. The van der Waals surface area contributed by atoms with Crippen molar-refractivity contribution in [3.05, 3.63) is 120 Å². The third kappa shape index (κ3) is 7.48. The predicted molar refractivity (Wildman–Crippen MR) is 173 cm³/mol. The highest BCUT2D eigenvalue weighted by atomic mass is 32.2. The molecule has 1 atom stereocenters. The van der Waals surface area contributed by atoms with E-state index in [1.807, 2.05) is 61.5 Å². The van der Waals surface area contributed by atoms with Crippen molar-refractivity contribution in [1.82, 2.24) is 10.2 Å². The molecule has 5 rings (SSSR count). The first kappa shape index (κ1) is 32.5. The summed E-state index contributed by atoms with van der Waals surface area (Å²) < 4.78 is 54.6. The maximum atomic E-state index is 14.5. The van der Waals surface area contributed by atoms with Crippen molar-refractivity contribution in [3.8, 4) is 11.5 Å². The van der Waals surface area contributed by atoms with Crippen molar-refractivity contribution in [2.45, 2.75) is 37.8 Å². The molecule has 0 aliphatic carbocycles. The molecule has 240 valence electrons. The first-order chi connectivity index (χ1) is 22.2. The van der Waals surface area contributed by atoms with Crippen molar-refractivity contribution in [3.63, 3.8) is 0 Å². The molecule has 11 heteroatoms. The number of amides is 2. The number of carbonyl (C=O) groups is 2. The van der Waals surface area contributed by atoms with Crippen LogP contribution in [0.5, 0.6) is 11.5 Å². The molecular weight excluding hydrogens is 609 g/mol. The molecule has 0 fully saturated rings. The number of hydrogen-bond acceptors (Lipinski definition) is 6. The van der Waals surface area contributed by atoms with Crippen molar-refractivity contribution in [2.75, 3.05) is 30.6 Å². The first-order valence-corrected chi connectivity index (χ1v) is 16.4. The second kappa shape index (κ2) is 14.5. The summed E-state index contributed by atoms with van der Waals surface area (Å²) in [6.07, 6.45) is 0.204. The van der Waals surface area contributed by atoms with Crippen LogP contribution in [-0.2, 0) is 32.6 Å². The number of rotatable bonds is 12. The standard InChI is InChI=1S/C35H36FN3O6S/c1-3-37-35(41)31(21-26-10-5-4-6-11-26)38(23-27-12-8-7-9-25(27)2)34(40)24-39(29-15-13-28(36)14-16-29)46(42,43)30-17-18-32-33(22-30)45-20-19-44-32/h4-18,22,31H,3,19-21,23-24H2,1-2H3,(H,37,41). The van der Waals surface area contributed by atoms with E-state index in [2.05, 4.69) is 5.32 Å². The van der Waals surface area contributed by atoms with Crippen LogP contribution in [0.25, 0.3) is 0 Å². The van der Waals surface area contributed by atoms with E-state index in [1.165, 1.54) is 35.2 Å². The molecule has 9 nitrogen and oxygen atoms in total. The minimum absolute atomic E-state index is 0.0570. The van der Waals surface area contributed by atoms with Crippen molar-refractivity contribution < 1.29 is 31.9 Å². The Balaban J connectivity index is 1.57. The fourth-order valence-electron chi connectivity index (χ4n) is 5.26. The molecule has 0 radical (unpaired) electrons. The summed E-state index contributed by atoms with van der Waals surface area (Å²) in [6.45, 7) is 4.04. The van der Waals surface area contributed by atoms with Gasteiger partial charge >= 0.3 is 0 Å². The van der Waals surface area contributed by atoms with Crippen LogP contribution >= 0.6 is 0 Å². The molecule has 0 saturated heterocycles. The van der Waals surface area contributed by atoms with Crippen LogP contribution in [0.3, 0.4) is 0 Å². The van der Waals surface area contributed by atoms with Gasteiger partial charge in [-0.3, -0.25) is 13.9 Å². The Morgan fingerprint density at radius 2 is 1.57 bits per heavy atom. The third-order valence-corrected chi connectivity index (χ3v) is 9.49. The molecule has 2 amide bonds. The number of nitrogens with one attached hydrogen (secondary N) is 1. The SMILES string of the molecule is CCNC(=O)C(Cc1ccccc1)N(Cc1ccccc1C)C(=O)CN(c1ccc(F)cc1)S(=O)(=O)c1ccc2c(c1)OCCO2. The number of fused-ring (bicyclic) bond motifs is 1. The molecule has 1 unspecified atom stereocenters. The Labute approximate surface area is 268 Å². The molecule has 1 aliphatic rings. The Bertz CT molecular complexity index is 1780. The number of halogens is 1. The van der Waals surface area contributed by atoms with Gasteiger partial charge in [0.15, 0.2) is 11.5 Å². The lowest BCUT2D eigenvalue weighted by Gasteiger charge is -2.34. The molecule has 0 bridgehead atoms. The van der Waals surface area contributed by atoms with Crippen LogP contribution in [0.15, 0.2) is 102 Å². The molecule has 4 aromatic rings. The lowest BCUT2D eigenvalue weighted by Crippen LogP contribution is -2.53. The lowest BCUT2D eigenvalue weighted by molar-refractivity contribution is -0.140. The van der Waals surface area contributed by atoms with Crippen LogP contribution in [0.1, 0.15) is 23.6 Å². The zero-order valence-electron chi connectivity index (χ0n) is 25.7. The summed E-state index contributed by atoms with van der Waals surface area (Å²) in [4.78, 5) is 29.4. The number of ether oxygens (including phenoxy) is 2. The van der Waals surface area contributed by atoms with Crippen LogP contribution in [-0.4, -0.2) is 57.5 Å². The Morgan fingerprint density at radius 1 is 0.891 bits per heavy atom. The fourth-order valence-corrected chi connectivity index (χ4v) is 6.69. The quantitative estimate of drug-likeness (QED) is 0.236. The van der Waals surface area contributed by atoms with Gasteiger partial charge in [0.05, 0.1) is 10.6 Å². The van der Waals surface area contributed by atoms with E-state index < -0.39 is 34.3 Å². The Kier molecular flexibility index (Phi) is 10.2. The summed E-state index contributed by atoms with van der Waals surface area (Å²) in [7, 11) is -4.40. The van der Waals surface area contributed by atoms with E-state index in [0.717, 1.165) is 33.1 Å². The Morgan fingerprint density at radius 3 is 2.26 bits per heavy atom. The maximum absolute atomic E-state index is 14.5. The van der Waals surface area contributed by atoms with Gasteiger partial charge in [-0.25, -0.2) is 12.8 Å². The second-order valence-corrected chi connectivity index (χ2v) is 12.7. The number of nitrogens with zero attached hydrogens (tertiary/aromatic N) is 2. The Hall–Kier alpha value is -4.90. The number of carbonyl (C=O) groups excluding carboxylic acids is 2. The van der Waals surface area contributed by atoms with Gasteiger partial charge in [-0.15, -0.1) is 0 Å². The van der Waals surface area contributed by atoms with E-state index in [1.54, 1.807) is 6.92 Å². The highest BCUT2D eigenvalue weighted by molar-refractivity contribution is 7.92. The van der Waals surface area contributed by atoms with E-state index in [0.29, 0.717) is 18.9 Å². The van der Waals surface area contributed by atoms with Crippen LogP contribution < -0.4 is 19.1 Å². The van der Waals surface area contributed by atoms with Crippen molar-refractivity contribution in [2.24, 2.45) is 0 Å². The number of benzene rings is 4. The van der Waals surface area contributed by atoms with Crippen LogP contribution in [0.2, 0.25) is 0 Å². The highest BCUT2D eigenvalue weighted by Crippen LogP contribution is 2.34. The molecule has 1 N–H and O–H groups in total. The second-order valence-electron chi connectivity index (χ2n) is 10.8. The third-order valence-electron chi connectivity index (χ3n) is 7.72. The van der Waals surface area contributed by atoms with Gasteiger partial charge in [-0.1, -0.05) is 54.6 Å². The summed E-state index contributed by atoms with van der Waals surface area (Å²) >= 11 is 0. The normalized spacial score (nSPS) is 13.0. The number of sulfonamides is 1. The van der Waals surface area contributed by atoms with Gasteiger partial charge in [-0.05, 0) is 66.9 Å². The van der Waals surface area contributed by atoms with Crippen molar-refractivity contribution in [1.29, 1.82) is 0 Å². The smallest absolute Gasteiger partial charge is 0.264 e. The first-order valence-electron chi connectivity index (χ1n) is 15.0. The van der Waals surface area contributed by atoms with Gasteiger partial charge in [0.25, 0.3) is 10.0 Å². The van der Waals surface area contributed by atoms with Gasteiger partial charge in [0, 0.05) is 25.6 Å². The largest absolute Gasteiger partial charge is 0.486 e. The minimum atomic E-state index is -4.40. The topological polar surface area (TPSA) is 105 Å². The number of anilines is 1. The molecule has 46 heavy (non-hydrogen) atoms. The van der Waals surface area contributed by atoms with Crippen LogP contribution in [0.4, 0.5) is 10.1 Å². The van der Waals surface area contributed by atoms with E-state index in [4.69, 9.17) is 9.47 Å². The molecule has 0 aromatic heterocycles. The molecular formula is C35H36FN3O6S. The van der Waals surface area contributed by atoms with E-state index >= 15 is 0 Å². The minimum Gasteiger partial charge on any atom is -0.486 e. The zero-order chi connectivity index (χ0) is 32.7. The fraction of sp³-hybridized carbons (Fsp3) is 0.257. The average Bonchev–Trinajstić information content (AvgIpc) is 3.06. The van der Waals surface area contributed by atoms with E-state index in [-0.39, 0.29) is 41.8 Å². The molecule has 1 aliphatic heterocycles. The van der Waals surface area contributed by atoms with Gasteiger partial charge in [0.1, 0.15) is 31.6 Å². The summed E-state index contributed by atoms with van der Waals surface area (Å²) in [6, 6.07) is 25.0. The number of likely N-dealkylation sites (N-methyl/N-ethyl adjacent to an activating group) is 1. The monoisotopic (exact) mass is 645 g/mol. The summed E-state index contributed by atoms with van der Waals surface area (Å²) in [5.41, 5.74) is 2.63. The van der Waals surface area contributed by atoms with Crippen LogP contribution in [0, 0.1) is 12.7 Å². The zero-order valence-corrected chi connectivity index (χ0v) is 26.5. The molecule has 0 saturated carbocycles. The number of aryl methyl sites for hydroxylation is 1. The molecule has 0 spiro atoms. The van der Waals surface area contributed by atoms with Crippen molar-refractivity contribution >= 4 is 27.5 Å². The summed E-state index contributed by atoms with van der Waals surface area (Å²) in [5.74, 6) is -0.868. The van der Waals surface area contributed by atoms with E-state index in [9.17, 15) is 22.4 Å². The van der Waals surface area contributed by atoms with Gasteiger partial charge < -0.3 is 19.7 Å². The van der Waals surface area contributed by atoms with Gasteiger partial charge in [0.2, 0.25) is 11.8 Å². The maximum Gasteiger partial charge on any atom is 0.264 e. The summed E-state index contributed by atoms with van der Waals surface area (Å²) in [5, 5.41) is 2.85. The lowest BCUT2D eigenvalue weighted by atomic mass is 10.0. The highest BCUT2D eigenvalue weighted by Gasteiger charge is 2.35.